The van der Waals surface area contributed by atoms with Crippen LogP contribution < -0.4 is 0 Å². The summed E-state index contributed by atoms with van der Waals surface area (Å²) in [5, 5.41) is 40.1. The smallest absolute Gasteiger partial charge is 0.306 e. The van der Waals surface area contributed by atoms with Crippen molar-refractivity contribution >= 4 is 5.97 Å². The molecule has 9 nitrogen and oxygen atoms in total. The number of carbonyl (C=O) groups excluding carboxylic acids is 1. The van der Waals surface area contributed by atoms with Gasteiger partial charge in [0.2, 0.25) is 0 Å². The highest BCUT2D eigenvalue weighted by molar-refractivity contribution is 5.69. The molecule has 0 aliphatic carbocycles. The van der Waals surface area contributed by atoms with Gasteiger partial charge in [-0.2, -0.15) is 0 Å². The van der Waals surface area contributed by atoms with Gasteiger partial charge in [-0.05, 0) is 44.9 Å². The zero-order chi connectivity index (χ0) is 42.9. The quantitative estimate of drug-likeness (QED) is 0.0270. The van der Waals surface area contributed by atoms with E-state index in [-0.39, 0.29) is 19.2 Å². The van der Waals surface area contributed by atoms with E-state index >= 15 is 0 Å². The van der Waals surface area contributed by atoms with Gasteiger partial charge >= 0.3 is 5.97 Å². The first-order valence-electron chi connectivity index (χ1n) is 24.2. The molecule has 9 heteroatoms. The van der Waals surface area contributed by atoms with Gasteiger partial charge in [0, 0.05) is 13.0 Å². The van der Waals surface area contributed by atoms with E-state index in [4.69, 9.17) is 18.9 Å². The van der Waals surface area contributed by atoms with Crippen LogP contribution in [-0.2, 0) is 23.7 Å². The summed E-state index contributed by atoms with van der Waals surface area (Å²) in [4.78, 5) is 12.8. The molecule has 0 aromatic carbocycles. The lowest BCUT2D eigenvalue weighted by Crippen LogP contribution is -2.59. The summed E-state index contributed by atoms with van der Waals surface area (Å²) in [6.45, 7) is 4.32. The minimum absolute atomic E-state index is 0.108. The highest BCUT2D eigenvalue weighted by Gasteiger charge is 2.44. The fourth-order valence-electron chi connectivity index (χ4n) is 7.26. The zero-order valence-electron chi connectivity index (χ0n) is 37.7. The van der Waals surface area contributed by atoms with E-state index in [1.165, 1.54) is 122 Å². The van der Waals surface area contributed by atoms with Gasteiger partial charge < -0.3 is 39.4 Å². The van der Waals surface area contributed by atoms with Gasteiger partial charge in [-0.25, -0.2) is 0 Å². The number of unbranched alkanes of at least 4 members (excludes halogenated alkanes) is 22. The Balaban J connectivity index is 2.22. The molecule has 1 heterocycles. The molecule has 344 valence electrons. The minimum Gasteiger partial charge on any atom is -0.457 e. The van der Waals surface area contributed by atoms with Crippen molar-refractivity contribution in [3.8, 4) is 0 Å². The molecule has 0 saturated carbocycles. The van der Waals surface area contributed by atoms with E-state index in [0.29, 0.717) is 13.0 Å². The highest BCUT2D eigenvalue weighted by atomic mass is 16.7. The first-order chi connectivity index (χ1) is 28.9. The number of ether oxygens (including phenoxy) is 4. The van der Waals surface area contributed by atoms with Crippen LogP contribution in [0.15, 0.2) is 48.6 Å². The topological polar surface area (TPSA) is 135 Å². The lowest BCUT2D eigenvalue weighted by molar-refractivity contribution is -0.305. The molecule has 59 heavy (non-hydrogen) atoms. The van der Waals surface area contributed by atoms with Crippen molar-refractivity contribution in [1.29, 1.82) is 0 Å². The van der Waals surface area contributed by atoms with Crippen molar-refractivity contribution in [2.75, 3.05) is 26.4 Å². The van der Waals surface area contributed by atoms with Gasteiger partial charge in [0.15, 0.2) is 6.29 Å². The molecule has 0 aromatic rings. The summed E-state index contributed by atoms with van der Waals surface area (Å²) >= 11 is 0. The molecule has 0 bridgehead atoms. The van der Waals surface area contributed by atoms with E-state index in [9.17, 15) is 25.2 Å². The van der Waals surface area contributed by atoms with Crippen molar-refractivity contribution in [3.05, 3.63) is 48.6 Å². The monoisotopic (exact) mass is 835 g/mol. The molecule has 0 aromatic heterocycles. The second kappa shape index (κ2) is 41.5. The van der Waals surface area contributed by atoms with Crippen molar-refractivity contribution in [2.45, 2.75) is 237 Å². The molecule has 4 N–H and O–H groups in total. The molecular formula is C50H90O9. The van der Waals surface area contributed by atoms with Gasteiger partial charge in [0.1, 0.15) is 30.5 Å². The maximum absolute atomic E-state index is 12.8. The van der Waals surface area contributed by atoms with Crippen molar-refractivity contribution in [3.63, 3.8) is 0 Å². The van der Waals surface area contributed by atoms with E-state index < -0.39 is 43.4 Å². The number of esters is 1. The third-order valence-corrected chi connectivity index (χ3v) is 11.0. The Hall–Kier alpha value is -1.85. The van der Waals surface area contributed by atoms with Crippen LogP contribution in [0.1, 0.15) is 200 Å². The predicted octanol–water partition coefficient (Wildman–Crippen LogP) is 11.3. The summed E-state index contributed by atoms with van der Waals surface area (Å²) in [6.07, 6.45) is 44.5. The third kappa shape index (κ3) is 32.5. The largest absolute Gasteiger partial charge is 0.457 e. The summed E-state index contributed by atoms with van der Waals surface area (Å²) < 4.78 is 22.8. The molecule has 1 rings (SSSR count). The van der Waals surface area contributed by atoms with E-state index in [0.717, 1.165) is 57.8 Å². The lowest BCUT2D eigenvalue weighted by atomic mass is 9.99. The molecule has 6 atom stereocenters. The van der Waals surface area contributed by atoms with Crippen LogP contribution in [0.4, 0.5) is 0 Å². The summed E-state index contributed by atoms with van der Waals surface area (Å²) in [5.74, 6) is -0.330. The van der Waals surface area contributed by atoms with Gasteiger partial charge in [-0.15, -0.1) is 0 Å². The Morgan fingerprint density at radius 1 is 0.559 bits per heavy atom. The zero-order valence-corrected chi connectivity index (χ0v) is 37.7. The fourth-order valence-corrected chi connectivity index (χ4v) is 7.26. The normalized spacial score (nSPS) is 20.5. The first-order valence-corrected chi connectivity index (χ1v) is 24.2. The van der Waals surface area contributed by atoms with Crippen LogP contribution in [-0.4, -0.2) is 89.6 Å². The average Bonchev–Trinajstić information content (AvgIpc) is 3.24. The average molecular weight is 835 g/mol. The van der Waals surface area contributed by atoms with Gasteiger partial charge in [-0.1, -0.05) is 197 Å². The Kier molecular flexibility index (Phi) is 38.8. The van der Waals surface area contributed by atoms with Crippen LogP contribution >= 0.6 is 0 Å². The first kappa shape index (κ1) is 55.2. The van der Waals surface area contributed by atoms with Crippen LogP contribution in [0, 0.1) is 0 Å². The van der Waals surface area contributed by atoms with Crippen molar-refractivity contribution in [1.82, 2.24) is 0 Å². The van der Waals surface area contributed by atoms with Gasteiger partial charge in [-0.3, -0.25) is 4.79 Å². The summed E-state index contributed by atoms with van der Waals surface area (Å²) in [5.41, 5.74) is 0. The minimum atomic E-state index is -1.55. The van der Waals surface area contributed by atoms with Gasteiger partial charge in [0.25, 0.3) is 0 Å². The number of carbonyl (C=O) groups is 1. The Morgan fingerprint density at radius 2 is 1.02 bits per heavy atom. The molecule has 1 saturated heterocycles. The Labute approximate surface area is 361 Å². The standard InChI is InChI=1S/C50H90O9/c1-3-5-7-9-11-13-15-17-19-20-21-22-23-24-25-26-27-29-31-33-35-37-39-46(52)58-44(43-57-50-49(55)48(54)47(53)45(41-51)59-50)42-56-40-38-36-34-32-30-28-18-16-14-12-10-8-6-4-2/h6,8,12,14,18,28,32,34,44-45,47-51,53-55H,3-5,7,9-11,13,15-17,19-27,29-31,33,35-43H2,1-2H3/b8-6-,14-12-,28-18-,34-32-. The molecule has 0 radical (unpaired) electrons. The second-order valence-electron chi connectivity index (χ2n) is 16.5. The summed E-state index contributed by atoms with van der Waals surface area (Å²) in [7, 11) is 0. The molecule has 1 aliphatic rings. The third-order valence-electron chi connectivity index (χ3n) is 11.0. The molecular weight excluding hydrogens is 745 g/mol. The summed E-state index contributed by atoms with van der Waals surface area (Å²) in [6, 6.07) is 0. The second-order valence-corrected chi connectivity index (χ2v) is 16.5. The Bertz CT molecular complexity index is 1040. The molecule has 0 amide bonds. The Morgan fingerprint density at radius 3 is 1.49 bits per heavy atom. The van der Waals surface area contributed by atoms with Crippen LogP contribution in [0.3, 0.4) is 0 Å². The molecule has 0 spiro atoms. The number of hydrogen-bond acceptors (Lipinski definition) is 9. The van der Waals surface area contributed by atoms with Crippen LogP contribution in [0.2, 0.25) is 0 Å². The number of allylic oxidation sites excluding steroid dienone is 8. The van der Waals surface area contributed by atoms with Crippen molar-refractivity contribution in [2.24, 2.45) is 0 Å². The molecule has 6 unspecified atom stereocenters. The number of aliphatic hydroxyl groups excluding tert-OH is 4. The van der Waals surface area contributed by atoms with Crippen molar-refractivity contribution < 1.29 is 44.2 Å². The van der Waals surface area contributed by atoms with E-state index in [1.807, 2.05) is 0 Å². The van der Waals surface area contributed by atoms with Gasteiger partial charge in [0.05, 0.1) is 19.8 Å². The SMILES string of the molecule is CC/C=C\C/C=C\C/C=C\C/C=C\CCCOCC(COC1OC(CO)C(O)C(O)C1O)OC(=O)CCCCCCCCCCCCCCCCCCCCCCCC. The fraction of sp³-hybridized carbons (Fsp3) is 0.820. The predicted molar refractivity (Wildman–Crippen MR) is 242 cm³/mol. The maximum atomic E-state index is 12.8. The van der Waals surface area contributed by atoms with Crippen LogP contribution in [0.5, 0.6) is 0 Å². The number of hydrogen-bond donors (Lipinski definition) is 4. The highest BCUT2D eigenvalue weighted by Crippen LogP contribution is 2.23. The van der Waals surface area contributed by atoms with E-state index in [2.05, 4.69) is 62.5 Å². The molecule has 1 aliphatic heterocycles. The maximum Gasteiger partial charge on any atom is 0.306 e. The number of rotatable bonds is 41. The lowest BCUT2D eigenvalue weighted by Gasteiger charge is -2.39. The van der Waals surface area contributed by atoms with E-state index in [1.54, 1.807) is 0 Å². The van der Waals surface area contributed by atoms with Crippen LogP contribution in [0.25, 0.3) is 0 Å². The number of aliphatic hydroxyl groups is 4. The molecule has 1 fully saturated rings.